The molecule has 4 aromatic rings. The van der Waals surface area contributed by atoms with Crippen molar-refractivity contribution in [2.75, 3.05) is 12.4 Å². The molecule has 1 aliphatic rings. The van der Waals surface area contributed by atoms with Crippen molar-refractivity contribution in [2.24, 2.45) is 5.92 Å². The Morgan fingerprint density at radius 1 is 1.34 bits per heavy atom. The van der Waals surface area contributed by atoms with Gasteiger partial charge in [-0.15, -0.1) is 12.4 Å². The molecule has 0 bridgehead atoms. The molecular formula is C19H19ClN6O3. The first kappa shape index (κ1) is 19.0. The first-order valence-corrected chi connectivity index (χ1v) is 8.99. The second kappa shape index (κ2) is 7.25. The summed E-state index contributed by atoms with van der Waals surface area (Å²) < 4.78 is 5.51. The van der Waals surface area contributed by atoms with Crippen LogP contribution in [0.3, 0.4) is 0 Å². The number of aryl methyl sites for hydroxylation is 1. The molecule has 4 N–H and O–H groups in total. The minimum Gasteiger partial charge on any atom is -0.494 e. The van der Waals surface area contributed by atoms with Crippen LogP contribution in [0.2, 0.25) is 0 Å². The lowest BCUT2D eigenvalue weighted by Gasteiger charge is -2.19. The molecule has 0 aliphatic heterocycles. The third kappa shape index (κ3) is 3.13. The highest BCUT2D eigenvalue weighted by atomic mass is 35.5. The molecular weight excluding hydrogens is 396 g/mol. The van der Waals surface area contributed by atoms with Crippen LogP contribution in [0.1, 0.15) is 17.7 Å². The molecule has 29 heavy (non-hydrogen) atoms. The molecule has 0 radical (unpaired) electrons. The smallest absolute Gasteiger partial charge is 0.306 e. The normalized spacial score (nSPS) is 15.7. The number of nitrogens with zero attached hydrogens (tertiary/aromatic N) is 3. The second-order valence-electron chi connectivity index (χ2n) is 6.94. The summed E-state index contributed by atoms with van der Waals surface area (Å²) in [4.78, 5) is 23.6. The summed E-state index contributed by atoms with van der Waals surface area (Å²) >= 11 is 0. The standard InChI is InChI=1S/C19H18N6O3.ClH/c1-28-15-6-13-10(7-22-25-13)5-14(15)24-18-16-11-4-9(19(26)27)2-3-12(11)23-17(16)20-8-21-18;/h5-9H,2-4H2,1H3,(H,22,25)(H,26,27)(H2,20,21,23,24);1H. The maximum absolute atomic E-state index is 11.5. The number of ether oxygens (including phenoxy) is 1. The number of carboxylic acids is 1. The van der Waals surface area contributed by atoms with E-state index < -0.39 is 11.9 Å². The lowest BCUT2D eigenvalue weighted by Crippen LogP contribution is -2.21. The van der Waals surface area contributed by atoms with Crippen molar-refractivity contribution in [3.8, 4) is 5.75 Å². The van der Waals surface area contributed by atoms with Crippen LogP contribution < -0.4 is 10.1 Å². The third-order valence-electron chi connectivity index (χ3n) is 5.34. The van der Waals surface area contributed by atoms with Gasteiger partial charge in [-0.3, -0.25) is 9.89 Å². The fourth-order valence-electron chi connectivity index (χ4n) is 3.91. The van der Waals surface area contributed by atoms with Gasteiger partial charge in [0, 0.05) is 17.1 Å². The summed E-state index contributed by atoms with van der Waals surface area (Å²) in [5.41, 5.74) is 4.33. The van der Waals surface area contributed by atoms with Gasteiger partial charge in [0.05, 0.1) is 35.8 Å². The predicted molar refractivity (Wildman–Crippen MR) is 110 cm³/mol. The number of hydrogen-bond donors (Lipinski definition) is 4. The van der Waals surface area contributed by atoms with E-state index in [0.717, 1.165) is 33.2 Å². The Morgan fingerprint density at radius 2 is 2.21 bits per heavy atom. The number of H-pyrrole nitrogens is 2. The minimum absolute atomic E-state index is 0. The largest absolute Gasteiger partial charge is 0.494 e. The van der Waals surface area contributed by atoms with E-state index in [2.05, 4.69) is 30.5 Å². The van der Waals surface area contributed by atoms with Gasteiger partial charge in [-0.1, -0.05) is 0 Å². The number of aromatic nitrogens is 5. The number of halogens is 1. The summed E-state index contributed by atoms with van der Waals surface area (Å²) in [6, 6.07) is 3.81. The van der Waals surface area contributed by atoms with Crippen molar-refractivity contribution in [3.05, 3.63) is 35.9 Å². The van der Waals surface area contributed by atoms with Crippen molar-refractivity contribution in [1.29, 1.82) is 0 Å². The molecule has 0 fully saturated rings. The van der Waals surface area contributed by atoms with Crippen molar-refractivity contribution in [2.45, 2.75) is 19.3 Å². The highest BCUT2D eigenvalue weighted by molar-refractivity contribution is 5.95. The summed E-state index contributed by atoms with van der Waals surface area (Å²) in [5, 5.41) is 21.5. The van der Waals surface area contributed by atoms with E-state index in [0.29, 0.717) is 36.5 Å². The maximum Gasteiger partial charge on any atom is 0.306 e. The Morgan fingerprint density at radius 3 is 3.00 bits per heavy atom. The van der Waals surface area contributed by atoms with E-state index in [9.17, 15) is 9.90 Å². The van der Waals surface area contributed by atoms with Gasteiger partial charge in [-0.25, -0.2) is 9.97 Å². The van der Waals surface area contributed by atoms with Gasteiger partial charge in [0.15, 0.2) is 0 Å². The number of aromatic amines is 2. The molecule has 5 rings (SSSR count). The molecule has 0 saturated heterocycles. The summed E-state index contributed by atoms with van der Waals surface area (Å²) in [7, 11) is 1.61. The number of nitrogens with one attached hydrogen (secondary N) is 3. The predicted octanol–water partition coefficient (Wildman–Crippen LogP) is 3.20. The average Bonchev–Trinajstić information content (AvgIpc) is 3.30. The monoisotopic (exact) mass is 414 g/mol. The zero-order valence-electron chi connectivity index (χ0n) is 15.5. The summed E-state index contributed by atoms with van der Waals surface area (Å²) in [6.45, 7) is 0. The molecule has 3 heterocycles. The van der Waals surface area contributed by atoms with Gasteiger partial charge in [0.25, 0.3) is 0 Å². The van der Waals surface area contributed by atoms with Crippen LogP contribution in [0, 0.1) is 5.92 Å². The molecule has 10 heteroatoms. The lowest BCUT2D eigenvalue weighted by molar-refractivity contribution is -0.142. The highest BCUT2D eigenvalue weighted by Crippen LogP contribution is 2.37. The molecule has 1 atom stereocenters. The summed E-state index contributed by atoms with van der Waals surface area (Å²) in [6.07, 6.45) is 5.00. The highest BCUT2D eigenvalue weighted by Gasteiger charge is 2.29. The van der Waals surface area contributed by atoms with Crippen molar-refractivity contribution in [1.82, 2.24) is 25.1 Å². The number of hydrogen-bond acceptors (Lipinski definition) is 6. The molecule has 0 amide bonds. The topological polar surface area (TPSA) is 129 Å². The Hall–Kier alpha value is -3.33. The summed E-state index contributed by atoms with van der Waals surface area (Å²) in [5.74, 6) is 0.112. The van der Waals surface area contributed by atoms with Crippen molar-refractivity contribution in [3.63, 3.8) is 0 Å². The fraction of sp³-hybridized carbons (Fsp3) is 0.263. The Kier molecular flexibility index (Phi) is 4.75. The van der Waals surface area contributed by atoms with E-state index in [1.165, 1.54) is 6.33 Å². The van der Waals surface area contributed by atoms with Gasteiger partial charge >= 0.3 is 5.97 Å². The number of anilines is 2. The SMILES string of the molecule is COc1cc2[nH]ncc2cc1Nc1ncnc2[nH]c3c(c12)CC(C(=O)O)CC3.Cl. The van der Waals surface area contributed by atoms with Gasteiger partial charge in [0.2, 0.25) is 0 Å². The quantitative estimate of drug-likeness (QED) is 0.403. The van der Waals surface area contributed by atoms with Crippen LogP contribution in [0.15, 0.2) is 24.7 Å². The number of fused-ring (bicyclic) bond motifs is 4. The van der Waals surface area contributed by atoms with E-state index in [1.54, 1.807) is 13.3 Å². The van der Waals surface area contributed by atoms with Crippen LogP contribution in [-0.4, -0.2) is 43.3 Å². The zero-order valence-corrected chi connectivity index (χ0v) is 16.3. The maximum atomic E-state index is 11.5. The van der Waals surface area contributed by atoms with Gasteiger partial charge in [-0.2, -0.15) is 5.10 Å². The van der Waals surface area contributed by atoms with E-state index >= 15 is 0 Å². The van der Waals surface area contributed by atoms with Crippen LogP contribution in [0.4, 0.5) is 11.5 Å². The molecule has 150 valence electrons. The average molecular weight is 415 g/mol. The van der Waals surface area contributed by atoms with Crippen LogP contribution >= 0.6 is 12.4 Å². The number of methoxy groups -OCH3 is 1. The van der Waals surface area contributed by atoms with Crippen LogP contribution in [0.25, 0.3) is 21.9 Å². The number of aliphatic carboxylic acids is 1. The first-order valence-electron chi connectivity index (χ1n) is 8.99. The number of carboxylic acid groups (broad SMARTS) is 1. The Bertz CT molecular complexity index is 1220. The Labute approximate surface area is 171 Å². The number of carbonyl (C=O) groups is 1. The molecule has 9 nitrogen and oxygen atoms in total. The second-order valence-corrected chi connectivity index (χ2v) is 6.94. The first-order chi connectivity index (χ1) is 13.6. The molecule has 1 aromatic carbocycles. The minimum atomic E-state index is -0.765. The van der Waals surface area contributed by atoms with Gasteiger partial charge in [-0.05, 0) is 30.9 Å². The van der Waals surface area contributed by atoms with Gasteiger partial charge < -0.3 is 20.1 Å². The number of benzene rings is 1. The third-order valence-corrected chi connectivity index (χ3v) is 5.34. The van der Waals surface area contributed by atoms with E-state index in [-0.39, 0.29) is 12.4 Å². The van der Waals surface area contributed by atoms with Gasteiger partial charge in [0.1, 0.15) is 23.5 Å². The molecule has 1 aliphatic carbocycles. The molecule has 0 saturated carbocycles. The van der Waals surface area contributed by atoms with E-state index in [1.807, 2.05) is 12.1 Å². The zero-order chi connectivity index (χ0) is 19.3. The fourth-order valence-corrected chi connectivity index (χ4v) is 3.91. The van der Waals surface area contributed by atoms with Crippen molar-refractivity contribution >= 4 is 51.8 Å². The Balaban J connectivity index is 0.00000205. The van der Waals surface area contributed by atoms with Crippen LogP contribution in [0.5, 0.6) is 5.75 Å². The molecule has 0 spiro atoms. The lowest BCUT2D eigenvalue weighted by atomic mass is 9.86. The number of rotatable bonds is 4. The van der Waals surface area contributed by atoms with Crippen molar-refractivity contribution < 1.29 is 14.6 Å². The molecule has 3 aromatic heterocycles. The van der Waals surface area contributed by atoms with Crippen LogP contribution in [-0.2, 0) is 17.6 Å². The molecule has 1 unspecified atom stereocenters. The van der Waals surface area contributed by atoms with E-state index in [4.69, 9.17) is 4.74 Å².